The number of hydrogen-bond donors (Lipinski definition) is 1. The molecule has 2 saturated heterocycles. The molecule has 4 atom stereocenters. The zero-order chi connectivity index (χ0) is 22.5. The third kappa shape index (κ3) is 5.52. The largest absolute Gasteiger partial charge is 0.352 e. The van der Waals surface area contributed by atoms with Gasteiger partial charge in [0.2, 0.25) is 11.8 Å². The van der Waals surface area contributed by atoms with E-state index in [9.17, 15) is 9.59 Å². The van der Waals surface area contributed by atoms with E-state index in [-0.39, 0.29) is 23.9 Å². The maximum Gasteiger partial charge on any atom is 0.240 e. The molecule has 4 rings (SSSR count). The van der Waals surface area contributed by atoms with Crippen LogP contribution in [0.4, 0.5) is 0 Å². The molecule has 32 heavy (non-hydrogen) atoms. The zero-order valence-corrected chi connectivity index (χ0v) is 19.8. The molecule has 0 bridgehead atoms. The Hall–Kier alpha value is -1.92. The van der Waals surface area contributed by atoms with E-state index in [0.29, 0.717) is 18.5 Å². The summed E-state index contributed by atoms with van der Waals surface area (Å²) in [5, 5.41) is 3.32. The van der Waals surface area contributed by atoms with E-state index in [1.807, 2.05) is 30.0 Å². The minimum atomic E-state index is -0.108. The monoisotopic (exact) mass is 440 g/mol. The summed E-state index contributed by atoms with van der Waals surface area (Å²) in [6.07, 6.45) is 6.83. The quantitative estimate of drug-likeness (QED) is 0.739. The standard InChI is InChI=1S/C26H40N4O2/c1-20-9-6-7-12-23(20)27-25(31)21(2)28-15-17-29(18-16-28)24-13-8-14-30(26(24)32)19-22-10-4-3-5-11-22/h3-5,10-11,20-21,23-24H,6-9,12-19H2,1-2H3,(H,27,31)/t20-,21+,23+,24-/m1/s1. The van der Waals surface area contributed by atoms with Gasteiger partial charge in [0, 0.05) is 45.3 Å². The number of benzene rings is 1. The predicted octanol–water partition coefficient (Wildman–Crippen LogP) is 2.88. The second-order valence-electron chi connectivity index (χ2n) is 10.0. The smallest absolute Gasteiger partial charge is 0.240 e. The van der Waals surface area contributed by atoms with Crippen LogP contribution in [0.3, 0.4) is 0 Å². The Morgan fingerprint density at radius 3 is 2.44 bits per heavy atom. The van der Waals surface area contributed by atoms with Crippen molar-refractivity contribution in [1.82, 2.24) is 20.0 Å². The SMILES string of the molecule is C[C@@H]1CCCC[C@@H]1NC(=O)[C@H](C)N1CCN([C@@H]2CCCN(Cc3ccccc3)C2=O)CC1. The van der Waals surface area contributed by atoms with E-state index in [1.165, 1.54) is 24.8 Å². The first kappa shape index (κ1) is 23.2. The highest BCUT2D eigenvalue weighted by Crippen LogP contribution is 2.24. The van der Waals surface area contributed by atoms with Crippen LogP contribution in [0.25, 0.3) is 0 Å². The van der Waals surface area contributed by atoms with Gasteiger partial charge in [-0.25, -0.2) is 0 Å². The Kier molecular flexibility index (Phi) is 7.84. The fraction of sp³-hybridized carbons (Fsp3) is 0.692. The van der Waals surface area contributed by atoms with Crippen LogP contribution in [-0.4, -0.2) is 77.4 Å². The van der Waals surface area contributed by atoms with Crippen LogP contribution in [0.15, 0.2) is 30.3 Å². The number of carbonyl (C=O) groups excluding carboxylic acids is 2. The van der Waals surface area contributed by atoms with E-state index in [4.69, 9.17) is 0 Å². The van der Waals surface area contributed by atoms with Crippen molar-refractivity contribution in [2.24, 2.45) is 5.92 Å². The van der Waals surface area contributed by atoms with E-state index >= 15 is 0 Å². The van der Waals surface area contributed by atoms with Crippen molar-refractivity contribution in [1.29, 1.82) is 0 Å². The molecule has 1 saturated carbocycles. The average Bonchev–Trinajstić information content (AvgIpc) is 2.82. The van der Waals surface area contributed by atoms with Crippen molar-refractivity contribution in [2.75, 3.05) is 32.7 Å². The highest BCUT2D eigenvalue weighted by molar-refractivity contribution is 5.83. The number of rotatable bonds is 6. The Labute approximate surface area is 193 Å². The van der Waals surface area contributed by atoms with Crippen LogP contribution in [-0.2, 0) is 16.1 Å². The van der Waals surface area contributed by atoms with Gasteiger partial charge in [0.05, 0.1) is 12.1 Å². The molecular formula is C26H40N4O2. The molecule has 2 heterocycles. The lowest BCUT2D eigenvalue weighted by Gasteiger charge is -2.44. The molecule has 3 aliphatic rings. The summed E-state index contributed by atoms with van der Waals surface area (Å²) in [6.45, 7) is 9.24. The molecule has 1 aliphatic carbocycles. The number of piperidine rings is 1. The summed E-state index contributed by atoms with van der Waals surface area (Å²) in [4.78, 5) is 32.8. The first-order valence-corrected chi connectivity index (χ1v) is 12.6. The fourth-order valence-electron chi connectivity index (χ4n) is 5.66. The Bertz CT molecular complexity index is 762. The van der Waals surface area contributed by atoms with Gasteiger partial charge in [-0.15, -0.1) is 0 Å². The molecule has 3 fully saturated rings. The van der Waals surface area contributed by atoms with Gasteiger partial charge < -0.3 is 10.2 Å². The van der Waals surface area contributed by atoms with Gasteiger partial charge >= 0.3 is 0 Å². The van der Waals surface area contributed by atoms with E-state index < -0.39 is 0 Å². The van der Waals surface area contributed by atoms with Gasteiger partial charge in [0.25, 0.3) is 0 Å². The van der Waals surface area contributed by atoms with Crippen molar-refractivity contribution in [2.45, 2.75) is 77.0 Å². The van der Waals surface area contributed by atoms with Crippen LogP contribution in [0.2, 0.25) is 0 Å². The maximum absolute atomic E-state index is 13.2. The Morgan fingerprint density at radius 2 is 1.72 bits per heavy atom. The number of nitrogens with one attached hydrogen (secondary N) is 1. The molecule has 176 valence electrons. The molecule has 0 radical (unpaired) electrons. The number of nitrogens with zero attached hydrogens (tertiary/aromatic N) is 3. The van der Waals surface area contributed by atoms with Crippen LogP contribution < -0.4 is 5.32 Å². The van der Waals surface area contributed by atoms with Gasteiger partial charge in [-0.1, -0.05) is 50.1 Å². The Morgan fingerprint density at radius 1 is 1.00 bits per heavy atom. The van der Waals surface area contributed by atoms with Crippen LogP contribution >= 0.6 is 0 Å². The van der Waals surface area contributed by atoms with Crippen LogP contribution in [0.1, 0.15) is 57.9 Å². The molecule has 0 aromatic heterocycles. The number of amides is 2. The normalized spacial score (nSPS) is 29.0. The first-order valence-electron chi connectivity index (χ1n) is 12.6. The number of carbonyl (C=O) groups is 2. The lowest BCUT2D eigenvalue weighted by Crippen LogP contribution is -2.60. The summed E-state index contributed by atoms with van der Waals surface area (Å²) in [5.41, 5.74) is 1.19. The van der Waals surface area contributed by atoms with Crippen molar-refractivity contribution in [3.05, 3.63) is 35.9 Å². The zero-order valence-electron chi connectivity index (χ0n) is 19.8. The second kappa shape index (κ2) is 10.8. The summed E-state index contributed by atoms with van der Waals surface area (Å²) >= 11 is 0. The third-order valence-electron chi connectivity index (χ3n) is 7.87. The third-order valence-corrected chi connectivity index (χ3v) is 7.87. The van der Waals surface area contributed by atoms with E-state index in [1.54, 1.807) is 0 Å². The van der Waals surface area contributed by atoms with Gasteiger partial charge in [0.1, 0.15) is 0 Å². The van der Waals surface area contributed by atoms with Crippen molar-refractivity contribution >= 4 is 11.8 Å². The molecule has 1 aromatic rings. The first-order chi connectivity index (χ1) is 15.5. The lowest BCUT2D eigenvalue weighted by molar-refractivity contribution is -0.142. The second-order valence-corrected chi connectivity index (χ2v) is 10.0. The number of hydrogen-bond acceptors (Lipinski definition) is 4. The molecule has 1 aromatic carbocycles. The summed E-state index contributed by atoms with van der Waals surface area (Å²) in [7, 11) is 0. The molecule has 6 heteroatoms. The van der Waals surface area contributed by atoms with Crippen LogP contribution in [0.5, 0.6) is 0 Å². The molecule has 2 aliphatic heterocycles. The predicted molar refractivity (Wildman–Crippen MR) is 127 cm³/mol. The van der Waals surface area contributed by atoms with Crippen molar-refractivity contribution < 1.29 is 9.59 Å². The molecule has 6 nitrogen and oxygen atoms in total. The van der Waals surface area contributed by atoms with Crippen molar-refractivity contribution in [3.8, 4) is 0 Å². The van der Waals surface area contributed by atoms with E-state index in [2.05, 4.69) is 34.2 Å². The highest BCUT2D eigenvalue weighted by Gasteiger charge is 2.36. The summed E-state index contributed by atoms with van der Waals surface area (Å²) in [6, 6.07) is 10.5. The van der Waals surface area contributed by atoms with Crippen molar-refractivity contribution in [3.63, 3.8) is 0 Å². The summed E-state index contributed by atoms with van der Waals surface area (Å²) in [5.74, 6) is 1.01. The van der Waals surface area contributed by atoms with Gasteiger partial charge in [0.15, 0.2) is 0 Å². The number of likely N-dealkylation sites (tertiary alicyclic amines) is 1. The molecule has 0 unspecified atom stereocenters. The van der Waals surface area contributed by atoms with Gasteiger partial charge in [-0.2, -0.15) is 0 Å². The topological polar surface area (TPSA) is 55.9 Å². The minimum absolute atomic E-state index is 0.0122. The van der Waals surface area contributed by atoms with Gasteiger partial charge in [-0.3, -0.25) is 19.4 Å². The molecular weight excluding hydrogens is 400 g/mol. The summed E-state index contributed by atoms with van der Waals surface area (Å²) < 4.78 is 0. The highest BCUT2D eigenvalue weighted by atomic mass is 16.2. The average molecular weight is 441 g/mol. The lowest BCUT2D eigenvalue weighted by atomic mass is 9.86. The molecule has 1 N–H and O–H groups in total. The number of piperazine rings is 1. The maximum atomic E-state index is 13.2. The van der Waals surface area contributed by atoms with Gasteiger partial charge in [-0.05, 0) is 44.1 Å². The van der Waals surface area contributed by atoms with E-state index in [0.717, 1.165) is 52.0 Å². The van der Waals surface area contributed by atoms with Crippen LogP contribution in [0, 0.1) is 5.92 Å². The molecule has 0 spiro atoms. The minimum Gasteiger partial charge on any atom is -0.352 e. The Balaban J connectivity index is 1.27. The fourth-order valence-corrected chi connectivity index (χ4v) is 5.66. The molecule has 2 amide bonds.